The second-order valence-electron chi connectivity index (χ2n) is 10.5. The summed E-state index contributed by atoms with van der Waals surface area (Å²) in [4.78, 5) is 79.4. The molecule has 0 saturated heterocycles. The van der Waals surface area contributed by atoms with E-state index in [0.717, 1.165) is 11.1 Å². The summed E-state index contributed by atoms with van der Waals surface area (Å²) in [7, 11) is 0. The zero-order valence-corrected chi connectivity index (χ0v) is 24.6. The van der Waals surface area contributed by atoms with Crippen LogP contribution in [0.15, 0.2) is 24.3 Å². The molecule has 0 aliphatic carbocycles. The zero-order chi connectivity index (χ0) is 31.2. The average Bonchev–Trinajstić information content (AvgIpc) is 2.92. The molecule has 4 amide bonds. The van der Waals surface area contributed by atoms with Crippen molar-refractivity contribution in [2.75, 3.05) is 6.54 Å². The number of rotatable bonds is 15. The number of hydrogen-bond donors (Lipinski definition) is 3. The first kappa shape index (κ1) is 33.8. The Morgan fingerprint density at radius 3 is 2.33 bits per heavy atom. The van der Waals surface area contributed by atoms with Gasteiger partial charge in [0, 0.05) is 39.8 Å². The smallest absolute Gasteiger partial charge is 0.328 e. The van der Waals surface area contributed by atoms with Crippen molar-refractivity contribution in [3.8, 4) is 0 Å². The highest BCUT2D eigenvalue weighted by molar-refractivity contribution is 6.25. The van der Waals surface area contributed by atoms with Crippen LogP contribution in [0, 0.1) is 0 Å². The average molecular weight is 585 g/mol. The quantitative estimate of drug-likeness (QED) is 0.0895. The largest absolute Gasteiger partial charge is 0.461 e. The Hall–Kier alpha value is -4.38. The molecule has 0 aromatic heterocycles. The van der Waals surface area contributed by atoms with Crippen LogP contribution in [-0.4, -0.2) is 82.1 Å². The van der Waals surface area contributed by atoms with Crippen LogP contribution >= 0.6 is 0 Å². The maximum absolute atomic E-state index is 13.6. The van der Waals surface area contributed by atoms with E-state index < -0.39 is 47.8 Å². The van der Waals surface area contributed by atoms with Gasteiger partial charge < -0.3 is 31.1 Å². The number of benzene rings is 1. The van der Waals surface area contributed by atoms with Crippen molar-refractivity contribution in [1.82, 2.24) is 20.9 Å². The predicted octanol–water partition coefficient (Wildman–Crippen LogP) is 0.837. The number of amides is 4. The van der Waals surface area contributed by atoms with E-state index in [0.29, 0.717) is 25.6 Å². The summed E-state index contributed by atoms with van der Waals surface area (Å²) >= 11 is 0. The SMILES string of the molecule is CC(=O)NCCCC[C@H](NC(=O)[C@@H]1Cc2ccccc2CN1C(C)=O)C(=O)N[C@@H](CCC(=O)C=[N+]=[N-])C(=O)OC(C)C. The van der Waals surface area contributed by atoms with Gasteiger partial charge in [0.2, 0.25) is 29.4 Å². The molecule has 1 aromatic carbocycles. The minimum atomic E-state index is -1.20. The Bertz CT molecular complexity index is 1210. The first-order valence-electron chi connectivity index (χ1n) is 14.0. The van der Waals surface area contributed by atoms with Crippen LogP contribution in [0.3, 0.4) is 0 Å². The number of carbonyl (C=O) groups is 6. The molecule has 0 unspecified atom stereocenters. The van der Waals surface area contributed by atoms with Crippen molar-refractivity contribution in [3.05, 3.63) is 40.9 Å². The Morgan fingerprint density at radius 2 is 1.71 bits per heavy atom. The molecule has 1 aromatic rings. The third-order valence-electron chi connectivity index (χ3n) is 6.72. The third-order valence-corrected chi connectivity index (χ3v) is 6.72. The fourth-order valence-electron chi connectivity index (χ4n) is 4.61. The van der Waals surface area contributed by atoms with Gasteiger partial charge >= 0.3 is 12.2 Å². The molecule has 0 bridgehead atoms. The highest BCUT2D eigenvalue weighted by Crippen LogP contribution is 2.24. The molecule has 0 fully saturated rings. The highest BCUT2D eigenvalue weighted by atomic mass is 16.5. The van der Waals surface area contributed by atoms with Crippen LogP contribution in [0.25, 0.3) is 5.53 Å². The number of nitrogens with one attached hydrogen (secondary N) is 3. The fraction of sp³-hybridized carbons (Fsp3) is 0.552. The molecule has 3 atom stereocenters. The zero-order valence-electron chi connectivity index (χ0n) is 24.6. The van der Waals surface area contributed by atoms with Crippen molar-refractivity contribution in [2.45, 2.75) is 97.0 Å². The van der Waals surface area contributed by atoms with E-state index in [9.17, 15) is 28.8 Å². The summed E-state index contributed by atoms with van der Waals surface area (Å²) < 4.78 is 5.25. The maximum atomic E-state index is 13.6. The van der Waals surface area contributed by atoms with Crippen LogP contribution in [0.4, 0.5) is 0 Å². The molecule has 42 heavy (non-hydrogen) atoms. The van der Waals surface area contributed by atoms with Gasteiger partial charge in [-0.05, 0) is 50.7 Å². The molecule has 1 aliphatic rings. The number of nitrogens with zero attached hydrogens (tertiary/aromatic N) is 3. The molecule has 1 aliphatic heterocycles. The Kier molecular flexibility index (Phi) is 13.5. The summed E-state index contributed by atoms with van der Waals surface area (Å²) in [6.07, 6.45) is 1.33. The van der Waals surface area contributed by atoms with Crippen LogP contribution in [-0.2, 0) is 46.5 Å². The molecule has 0 saturated carbocycles. The van der Waals surface area contributed by atoms with E-state index in [-0.39, 0.29) is 44.0 Å². The molecule has 3 N–H and O–H groups in total. The van der Waals surface area contributed by atoms with Gasteiger partial charge in [0.05, 0.1) is 6.10 Å². The number of unbranched alkanes of at least 4 members (excludes halogenated alkanes) is 1. The normalized spacial score (nSPS) is 15.4. The summed E-state index contributed by atoms with van der Waals surface area (Å²) in [5.74, 6) is -2.96. The van der Waals surface area contributed by atoms with Gasteiger partial charge in [-0.3, -0.25) is 24.0 Å². The summed E-state index contributed by atoms with van der Waals surface area (Å²) in [5.41, 5.74) is 10.5. The predicted molar refractivity (Wildman–Crippen MR) is 152 cm³/mol. The van der Waals surface area contributed by atoms with Gasteiger partial charge in [0.15, 0.2) is 0 Å². The summed E-state index contributed by atoms with van der Waals surface area (Å²) in [5, 5.41) is 8.04. The van der Waals surface area contributed by atoms with Crippen molar-refractivity contribution in [1.29, 1.82) is 0 Å². The lowest BCUT2D eigenvalue weighted by atomic mass is 9.93. The van der Waals surface area contributed by atoms with Crippen LogP contribution in [0.1, 0.15) is 70.9 Å². The minimum absolute atomic E-state index is 0.122. The maximum Gasteiger partial charge on any atom is 0.328 e. The van der Waals surface area contributed by atoms with Gasteiger partial charge in [0.25, 0.3) is 0 Å². The number of Topliss-reactive ketones (excluding diaryl/α,β-unsaturated/α-hetero) is 1. The van der Waals surface area contributed by atoms with Gasteiger partial charge in [0.1, 0.15) is 18.1 Å². The Labute approximate surface area is 245 Å². The second kappa shape index (κ2) is 16.8. The molecular weight excluding hydrogens is 544 g/mol. The molecule has 13 nitrogen and oxygen atoms in total. The van der Waals surface area contributed by atoms with E-state index in [1.807, 2.05) is 24.3 Å². The monoisotopic (exact) mass is 584 g/mol. The van der Waals surface area contributed by atoms with E-state index in [2.05, 4.69) is 20.7 Å². The van der Waals surface area contributed by atoms with Gasteiger partial charge in [-0.25, -0.2) is 4.79 Å². The van der Waals surface area contributed by atoms with Gasteiger partial charge in [-0.2, -0.15) is 4.79 Å². The van der Waals surface area contributed by atoms with E-state index >= 15 is 0 Å². The van der Waals surface area contributed by atoms with E-state index in [4.69, 9.17) is 10.3 Å². The van der Waals surface area contributed by atoms with Crippen LogP contribution in [0.2, 0.25) is 0 Å². The third kappa shape index (κ3) is 10.9. The molecule has 228 valence electrons. The minimum Gasteiger partial charge on any atom is -0.461 e. The van der Waals surface area contributed by atoms with Crippen molar-refractivity contribution < 1.29 is 38.3 Å². The lowest BCUT2D eigenvalue weighted by molar-refractivity contribution is -0.152. The number of esters is 1. The lowest BCUT2D eigenvalue weighted by Gasteiger charge is -2.36. The molecule has 2 rings (SSSR count). The molecule has 0 radical (unpaired) electrons. The first-order chi connectivity index (χ1) is 19.9. The summed E-state index contributed by atoms with van der Waals surface area (Å²) in [6, 6.07) is 4.39. The Balaban J connectivity index is 2.24. The van der Waals surface area contributed by atoms with Crippen molar-refractivity contribution in [2.24, 2.45) is 0 Å². The first-order valence-corrected chi connectivity index (χ1v) is 14.0. The van der Waals surface area contributed by atoms with Crippen molar-refractivity contribution >= 4 is 41.6 Å². The number of ether oxygens (including phenoxy) is 1. The number of carbonyl (C=O) groups excluding carboxylic acids is 6. The van der Waals surface area contributed by atoms with E-state index in [1.54, 1.807) is 13.8 Å². The summed E-state index contributed by atoms with van der Waals surface area (Å²) in [6.45, 7) is 6.70. The number of fused-ring (bicyclic) bond motifs is 1. The van der Waals surface area contributed by atoms with Gasteiger partial charge in [-0.1, -0.05) is 24.3 Å². The fourth-order valence-corrected chi connectivity index (χ4v) is 4.61. The van der Waals surface area contributed by atoms with Crippen LogP contribution in [0.5, 0.6) is 0 Å². The number of ketones is 1. The molecule has 13 heteroatoms. The number of hydrogen-bond acceptors (Lipinski definition) is 7. The van der Waals surface area contributed by atoms with Gasteiger partial charge in [-0.15, -0.1) is 0 Å². The standard InChI is InChI=1S/C29H40N6O7/c1-18(2)42-29(41)25(13-12-23(38)16-32-30)34-27(39)24(11-7-8-14-31-19(3)36)33-28(40)26-15-21-9-5-6-10-22(21)17-35(26)20(4)37/h5-6,9-10,16,18,24-26H,7-8,11-15,17H2,1-4H3,(H,31,36)(H,33,40)(H,34,39)/t24-,25-,26-/m0/s1. The lowest BCUT2D eigenvalue weighted by Crippen LogP contribution is -2.57. The Morgan fingerprint density at radius 1 is 1.02 bits per heavy atom. The second-order valence-corrected chi connectivity index (χ2v) is 10.5. The molecule has 0 spiro atoms. The van der Waals surface area contributed by atoms with Crippen molar-refractivity contribution in [3.63, 3.8) is 0 Å². The topological polar surface area (TPSA) is 187 Å². The molecule has 1 heterocycles. The molecular formula is C29H40N6O7. The van der Waals surface area contributed by atoms with E-state index in [1.165, 1.54) is 18.7 Å². The highest BCUT2D eigenvalue weighted by Gasteiger charge is 2.36. The van der Waals surface area contributed by atoms with Crippen LogP contribution < -0.4 is 16.0 Å².